The zero-order valence-corrected chi connectivity index (χ0v) is 12.3. The number of nitrogens with one attached hydrogen (secondary N) is 2. The van der Waals surface area contributed by atoms with E-state index in [-0.39, 0.29) is 0 Å². The lowest BCUT2D eigenvalue weighted by Gasteiger charge is -2.04. The minimum Gasteiger partial charge on any atom is -0.333 e. The molecule has 0 radical (unpaired) electrons. The fourth-order valence-corrected chi connectivity index (χ4v) is 2.94. The molecular formula is C12H12N6S2. The van der Waals surface area contributed by atoms with Crippen molar-refractivity contribution in [2.24, 2.45) is 5.84 Å². The highest BCUT2D eigenvalue weighted by molar-refractivity contribution is 7.99. The van der Waals surface area contributed by atoms with Crippen molar-refractivity contribution in [1.82, 2.24) is 19.9 Å². The van der Waals surface area contributed by atoms with Crippen LogP contribution in [0.5, 0.6) is 0 Å². The van der Waals surface area contributed by atoms with Gasteiger partial charge in [-0.1, -0.05) is 23.9 Å². The fourth-order valence-electron chi connectivity index (χ4n) is 1.70. The second-order valence-corrected chi connectivity index (χ2v) is 5.67. The number of rotatable bonds is 4. The Balaban J connectivity index is 1.93. The molecule has 0 aliphatic heterocycles. The summed E-state index contributed by atoms with van der Waals surface area (Å²) in [4.78, 5) is 16.4. The van der Waals surface area contributed by atoms with E-state index in [0.29, 0.717) is 11.0 Å². The molecule has 4 N–H and O–H groups in total. The van der Waals surface area contributed by atoms with Crippen molar-refractivity contribution in [3.63, 3.8) is 0 Å². The van der Waals surface area contributed by atoms with E-state index in [4.69, 9.17) is 5.84 Å². The van der Waals surface area contributed by atoms with Crippen molar-refractivity contribution in [3.8, 4) is 0 Å². The lowest BCUT2D eigenvalue weighted by molar-refractivity contribution is 0.890. The van der Waals surface area contributed by atoms with Gasteiger partial charge in [0.2, 0.25) is 0 Å². The van der Waals surface area contributed by atoms with Crippen molar-refractivity contribution < 1.29 is 0 Å². The maximum absolute atomic E-state index is 5.41. The first kappa shape index (κ1) is 13.2. The molecule has 2 aromatic heterocycles. The van der Waals surface area contributed by atoms with Crippen LogP contribution in [-0.2, 0) is 0 Å². The predicted molar refractivity (Wildman–Crippen MR) is 81.8 cm³/mol. The number of fused-ring (bicyclic) bond motifs is 1. The monoisotopic (exact) mass is 304 g/mol. The molecule has 0 aliphatic carbocycles. The van der Waals surface area contributed by atoms with Crippen LogP contribution in [0.1, 0.15) is 0 Å². The molecule has 6 nitrogen and oxygen atoms in total. The second-order valence-electron chi connectivity index (χ2n) is 3.88. The molecule has 2 heterocycles. The zero-order chi connectivity index (χ0) is 13.9. The molecule has 0 saturated carbocycles. The van der Waals surface area contributed by atoms with E-state index in [2.05, 4.69) is 25.4 Å². The number of nitrogens with zero attached hydrogens (tertiary/aromatic N) is 3. The molecule has 0 bridgehead atoms. The number of nitrogens with two attached hydrogens (primary N) is 1. The van der Waals surface area contributed by atoms with Crippen molar-refractivity contribution in [2.45, 2.75) is 15.3 Å². The number of hydrogen-bond acceptors (Lipinski definition) is 7. The van der Waals surface area contributed by atoms with E-state index in [9.17, 15) is 0 Å². The van der Waals surface area contributed by atoms with Crippen LogP contribution in [0, 0.1) is 0 Å². The molecule has 0 spiro atoms. The molecule has 3 aromatic rings. The molecular weight excluding hydrogens is 292 g/mol. The number of thioether (sulfide) groups is 1. The Kier molecular flexibility index (Phi) is 3.77. The van der Waals surface area contributed by atoms with Gasteiger partial charge in [-0.3, -0.25) is 0 Å². The minimum atomic E-state index is 0.586. The highest BCUT2D eigenvalue weighted by Crippen LogP contribution is 2.28. The van der Waals surface area contributed by atoms with Crippen molar-refractivity contribution >= 4 is 40.4 Å². The number of hydrogen-bond donors (Lipinski definition) is 3. The number of aromatic nitrogens is 4. The third-order valence-corrected chi connectivity index (χ3v) is 3.93. The van der Waals surface area contributed by atoms with Gasteiger partial charge in [-0.2, -0.15) is 0 Å². The van der Waals surface area contributed by atoms with Gasteiger partial charge in [0, 0.05) is 6.07 Å². The molecule has 0 aliphatic rings. The standard InChI is InChI=1S/C12H12N6S2/c1-19-11-16-9(18-13)6-10(17-11)20-12-14-7-4-2-3-5-8(7)15-12/h2-6H,13H2,1H3,(H,14,15)(H,16,17,18). The van der Waals surface area contributed by atoms with Crippen LogP contribution < -0.4 is 11.3 Å². The molecule has 3 rings (SSSR count). The van der Waals surface area contributed by atoms with Gasteiger partial charge in [0.05, 0.1) is 11.0 Å². The normalized spacial score (nSPS) is 10.9. The van der Waals surface area contributed by atoms with E-state index >= 15 is 0 Å². The van der Waals surface area contributed by atoms with Gasteiger partial charge in [0.25, 0.3) is 0 Å². The van der Waals surface area contributed by atoms with Crippen molar-refractivity contribution in [3.05, 3.63) is 30.3 Å². The third kappa shape index (κ3) is 2.72. The van der Waals surface area contributed by atoms with Crippen LogP contribution in [0.25, 0.3) is 11.0 Å². The van der Waals surface area contributed by atoms with Gasteiger partial charge in [-0.25, -0.2) is 20.8 Å². The highest BCUT2D eigenvalue weighted by Gasteiger charge is 2.08. The smallest absolute Gasteiger partial charge is 0.190 e. The summed E-state index contributed by atoms with van der Waals surface area (Å²) in [6.07, 6.45) is 1.92. The fraction of sp³-hybridized carbons (Fsp3) is 0.0833. The lowest BCUT2D eigenvalue weighted by atomic mass is 10.3. The number of anilines is 1. The maximum atomic E-state index is 5.41. The number of imidazole rings is 1. The number of H-pyrrole nitrogens is 1. The summed E-state index contributed by atoms with van der Waals surface area (Å²) in [5.74, 6) is 6.00. The Morgan fingerprint density at radius 3 is 2.80 bits per heavy atom. The van der Waals surface area contributed by atoms with Crippen LogP contribution in [-0.4, -0.2) is 26.2 Å². The van der Waals surface area contributed by atoms with E-state index in [1.807, 2.05) is 30.5 Å². The Labute approximate surface area is 124 Å². The summed E-state index contributed by atoms with van der Waals surface area (Å²) >= 11 is 2.91. The Bertz CT molecular complexity index is 686. The average Bonchev–Trinajstić information content (AvgIpc) is 2.88. The second kappa shape index (κ2) is 5.70. The summed E-state index contributed by atoms with van der Waals surface area (Å²) in [6, 6.07) is 9.69. The number of hydrazine groups is 1. The van der Waals surface area contributed by atoms with Gasteiger partial charge in [0.1, 0.15) is 10.8 Å². The maximum Gasteiger partial charge on any atom is 0.190 e. The Hall–Kier alpha value is -1.77. The summed E-state index contributed by atoms with van der Waals surface area (Å²) in [6.45, 7) is 0. The highest BCUT2D eigenvalue weighted by atomic mass is 32.2. The molecule has 0 amide bonds. The number of aromatic amines is 1. The van der Waals surface area contributed by atoms with E-state index in [1.165, 1.54) is 23.5 Å². The van der Waals surface area contributed by atoms with Crippen LogP contribution >= 0.6 is 23.5 Å². The molecule has 1 aromatic carbocycles. The van der Waals surface area contributed by atoms with E-state index in [1.54, 1.807) is 6.07 Å². The molecule has 0 fully saturated rings. The molecule has 20 heavy (non-hydrogen) atoms. The minimum absolute atomic E-state index is 0.586. The quantitative estimate of drug-likeness (QED) is 0.224. The van der Waals surface area contributed by atoms with Crippen molar-refractivity contribution in [1.29, 1.82) is 0 Å². The number of nitrogen functional groups attached to an aromatic ring is 1. The van der Waals surface area contributed by atoms with Gasteiger partial charge in [0.15, 0.2) is 10.3 Å². The van der Waals surface area contributed by atoms with Gasteiger partial charge >= 0.3 is 0 Å². The number of para-hydroxylation sites is 2. The van der Waals surface area contributed by atoms with E-state index < -0.39 is 0 Å². The summed E-state index contributed by atoms with van der Waals surface area (Å²) in [5, 5.41) is 2.25. The Morgan fingerprint density at radius 2 is 2.05 bits per heavy atom. The topological polar surface area (TPSA) is 92.5 Å². The molecule has 0 unspecified atom stereocenters. The SMILES string of the molecule is CSc1nc(NN)cc(Sc2nc3ccccc3[nH]2)n1. The molecule has 102 valence electrons. The molecule has 0 atom stereocenters. The van der Waals surface area contributed by atoms with Crippen LogP contribution in [0.4, 0.5) is 5.82 Å². The van der Waals surface area contributed by atoms with Gasteiger partial charge in [-0.05, 0) is 30.2 Å². The predicted octanol–water partition coefficient (Wildman–Crippen LogP) is 2.51. The third-order valence-electron chi connectivity index (χ3n) is 2.58. The summed E-state index contributed by atoms with van der Waals surface area (Å²) < 4.78 is 0. The van der Waals surface area contributed by atoms with Gasteiger partial charge in [-0.15, -0.1) is 0 Å². The van der Waals surface area contributed by atoms with Gasteiger partial charge < -0.3 is 10.4 Å². The first-order valence-corrected chi connectivity index (χ1v) is 7.85. The van der Waals surface area contributed by atoms with Crippen molar-refractivity contribution in [2.75, 3.05) is 11.7 Å². The first-order valence-electron chi connectivity index (χ1n) is 5.81. The summed E-state index contributed by atoms with van der Waals surface area (Å²) in [7, 11) is 0. The summed E-state index contributed by atoms with van der Waals surface area (Å²) in [5.41, 5.74) is 4.49. The zero-order valence-electron chi connectivity index (χ0n) is 10.6. The van der Waals surface area contributed by atoms with E-state index in [0.717, 1.165) is 21.2 Å². The van der Waals surface area contributed by atoms with Crippen LogP contribution in [0.2, 0.25) is 0 Å². The lowest BCUT2D eigenvalue weighted by Crippen LogP contribution is -2.09. The molecule has 0 saturated heterocycles. The number of benzene rings is 1. The average molecular weight is 304 g/mol. The largest absolute Gasteiger partial charge is 0.333 e. The first-order chi connectivity index (χ1) is 9.78. The Morgan fingerprint density at radius 1 is 1.20 bits per heavy atom. The molecule has 8 heteroatoms. The van der Waals surface area contributed by atoms with Crippen LogP contribution in [0.3, 0.4) is 0 Å². The van der Waals surface area contributed by atoms with Crippen LogP contribution in [0.15, 0.2) is 45.7 Å².